The number of fused-ring (bicyclic) bond motifs is 1. The molecule has 8 nitrogen and oxygen atoms in total. The molecular formula is C21H18N4O4. The van der Waals surface area contributed by atoms with Crippen LogP contribution < -0.4 is 21.3 Å². The molecule has 2 aromatic heterocycles. The minimum atomic E-state index is -0.615. The van der Waals surface area contributed by atoms with Gasteiger partial charge in [0.2, 0.25) is 0 Å². The number of amides is 1. The van der Waals surface area contributed by atoms with Crippen LogP contribution in [-0.2, 0) is 7.05 Å². The van der Waals surface area contributed by atoms with E-state index in [4.69, 9.17) is 4.74 Å². The Morgan fingerprint density at radius 3 is 2.55 bits per heavy atom. The Morgan fingerprint density at radius 2 is 1.83 bits per heavy atom. The van der Waals surface area contributed by atoms with Crippen LogP contribution in [0.4, 0.5) is 5.69 Å². The van der Waals surface area contributed by atoms with Crippen LogP contribution in [0.1, 0.15) is 10.4 Å². The van der Waals surface area contributed by atoms with Crippen molar-refractivity contribution in [3.05, 3.63) is 87.2 Å². The number of hydrogen-bond donors (Lipinski definition) is 2. The zero-order valence-electron chi connectivity index (χ0n) is 15.8. The van der Waals surface area contributed by atoms with Crippen LogP contribution >= 0.6 is 0 Å². The number of hydrogen-bond acceptors (Lipinski definition) is 4. The molecule has 0 aliphatic heterocycles. The van der Waals surface area contributed by atoms with Crippen LogP contribution in [0.5, 0.6) is 5.75 Å². The Balaban J connectivity index is 1.82. The topological polar surface area (TPSA) is 98.1 Å². The molecular weight excluding hydrogens is 372 g/mol. The standard InChI is InChI=1S/C21H18N4O4/c1-24-12-16(19(26)22-13-7-6-10-15(11-13)29-2)17-18(24)20(27)25(21(28)23-17)14-8-4-3-5-9-14/h3-12H,1-2H3,(H,22,26)(H,23,28). The first-order valence-corrected chi connectivity index (χ1v) is 8.85. The van der Waals surface area contributed by atoms with Gasteiger partial charge in [-0.1, -0.05) is 24.3 Å². The predicted molar refractivity (Wildman–Crippen MR) is 110 cm³/mol. The summed E-state index contributed by atoms with van der Waals surface area (Å²) in [6.07, 6.45) is 1.52. The van der Waals surface area contributed by atoms with Gasteiger partial charge in [0.05, 0.1) is 23.9 Å². The molecule has 4 rings (SSSR count). The summed E-state index contributed by atoms with van der Waals surface area (Å²) >= 11 is 0. The van der Waals surface area contributed by atoms with Crippen LogP contribution in [0, 0.1) is 0 Å². The molecule has 0 saturated carbocycles. The van der Waals surface area contributed by atoms with E-state index >= 15 is 0 Å². The van der Waals surface area contributed by atoms with Gasteiger partial charge in [0.25, 0.3) is 11.5 Å². The summed E-state index contributed by atoms with van der Waals surface area (Å²) < 4.78 is 7.74. The van der Waals surface area contributed by atoms with E-state index in [1.807, 2.05) is 0 Å². The maximum Gasteiger partial charge on any atom is 0.333 e. The van der Waals surface area contributed by atoms with Crippen LogP contribution in [0.2, 0.25) is 0 Å². The van der Waals surface area contributed by atoms with E-state index in [2.05, 4.69) is 10.3 Å². The lowest BCUT2D eigenvalue weighted by molar-refractivity contribution is 0.102. The number of carbonyl (C=O) groups is 1. The Labute approximate surface area is 165 Å². The lowest BCUT2D eigenvalue weighted by Crippen LogP contribution is -2.34. The van der Waals surface area contributed by atoms with Gasteiger partial charge >= 0.3 is 5.69 Å². The first-order chi connectivity index (χ1) is 14.0. The number of nitrogens with zero attached hydrogens (tertiary/aromatic N) is 2. The summed E-state index contributed by atoms with van der Waals surface area (Å²) in [7, 11) is 3.19. The van der Waals surface area contributed by atoms with Gasteiger partial charge in [0.15, 0.2) is 0 Å². The number of H-pyrrole nitrogens is 1. The van der Waals surface area contributed by atoms with E-state index in [1.165, 1.54) is 17.9 Å². The van der Waals surface area contributed by atoms with Crippen molar-refractivity contribution in [1.82, 2.24) is 14.1 Å². The average molecular weight is 390 g/mol. The number of para-hydroxylation sites is 1. The number of methoxy groups -OCH3 is 1. The van der Waals surface area contributed by atoms with Crippen molar-refractivity contribution in [3.8, 4) is 11.4 Å². The fourth-order valence-corrected chi connectivity index (χ4v) is 3.25. The summed E-state index contributed by atoms with van der Waals surface area (Å²) in [4.78, 5) is 41.2. The number of rotatable bonds is 4. The fraction of sp³-hybridized carbons (Fsp3) is 0.0952. The minimum Gasteiger partial charge on any atom is -0.497 e. The van der Waals surface area contributed by atoms with Crippen molar-refractivity contribution in [2.24, 2.45) is 7.05 Å². The fourth-order valence-electron chi connectivity index (χ4n) is 3.25. The normalized spacial score (nSPS) is 10.8. The van der Waals surface area contributed by atoms with Gasteiger partial charge in [-0.25, -0.2) is 9.36 Å². The lowest BCUT2D eigenvalue weighted by Gasteiger charge is -2.07. The number of aromatic nitrogens is 3. The number of nitrogens with one attached hydrogen (secondary N) is 2. The second kappa shape index (κ2) is 7.16. The molecule has 0 bridgehead atoms. The first kappa shape index (κ1) is 18.3. The summed E-state index contributed by atoms with van der Waals surface area (Å²) in [5.41, 5.74) is 0.475. The van der Waals surface area contributed by atoms with E-state index in [-0.39, 0.29) is 16.6 Å². The first-order valence-electron chi connectivity index (χ1n) is 8.85. The molecule has 0 fully saturated rings. The number of benzene rings is 2. The van der Waals surface area contributed by atoms with Crippen molar-refractivity contribution in [2.75, 3.05) is 12.4 Å². The van der Waals surface area contributed by atoms with Gasteiger partial charge in [-0.05, 0) is 24.3 Å². The maximum absolute atomic E-state index is 13.0. The third-order valence-electron chi connectivity index (χ3n) is 4.61. The third-order valence-corrected chi connectivity index (χ3v) is 4.61. The number of ether oxygens (including phenoxy) is 1. The van der Waals surface area contributed by atoms with Gasteiger partial charge < -0.3 is 19.6 Å². The van der Waals surface area contributed by atoms with Crippen LogP contribution in [0.3, 0.4) is 0 Å². The smallest absolute Gasteiger partial charge is 0.333 e. The highest BCUT2D eigenvalue weighted by Crippen LogP contribution is 2.20. The van der Waals surface area contributed by atoms with Crippen molar-refractivity contribution < 1.29 is 9.53 Å². The monoisotopic (exact) mass is 390 g/mol. The van der Waals surface area contributed by atoms with Crippen molar-refractivity contribution >= 4 is 22.6 Å². The van der Waals surface area contributed by atoms with Gasteiger partial charge in [-0.15, -0.1) is 0 Å². The summed E-state index contributed by atoms with van der Waals surface area (Å²) in [5.74, 6) is 0.149. The van der Waals surface area contributed by atoms with Crippen LogP contribution in [0.25, 0.3) is 16.7 Å². The van der Waals surface area contributed by atoms with E-state index in [9.17, 15) is 14.4 Å². The zero-order chi connectivity index (χ0) is 20.5. The highest BCUT2D eigenvalue weighted by Gasteiger charge is 2.20. The van der Waals surface area contributed by atoms with Gasteiger partial charge in [-0.2, -0.15) is 0 Å². The molecule has 4 aromatic rings. The molecule has 0 radical (unpaired) electrons. The molecule has 1 amide bonds. The van der Waals surface area contributed by atoms with E-state index in [0.717, 1.165) is 4.57 Å². The Morgan fingerprint density at radius 1 is 1.07 bits per heavy atom. The summed E-state index contributed by atoms with van der Waals surface area (Å²) in [5, 5.41) is 2.76. The van der Waals surface area contributed by atoms with Crippen LogP contribution in [0.15, 0.2) is 70.4 Å². The number of aromatic amines is 1. The second-order valence-electron chi connectivity index (χ2n) is 6.47. The summed E-state index contributed by atoms with van der Waals surface area (Å²) in [6, 6.07) is 15.5. The number of aryl methyl sites for hydroxylation is 1. The second-order valence-corrected chi connectivity index (χ2v) is 6.47. The van der Waals surface area contributed by atoms with Crippen molar-refractivity contribution in [1.29, 1.82) is 0 Å². The quantitative estimate of drug-likeness (QED) is 0.559. The van der Waals surface area contributed by atoms with E-state index < -0.39 is 17.2 Å². The average Bonchev–Trinajstić information content (AvgIpc) is 3.05. The molecule has 0 atom stereocenters. The van der Waals surface area contributed by atoms with Gasteiger partial charge in [0, 0.05) is 25.0 Å². The summed E-state index contributed by atoms with van der Waals surface area (Å²) in [6.45, 7) is 0. The SMILES string of the molecule is COc1cccc(NC(=O)c2cn(C)c3c(=O)n(-c4ccccc4)c(=O)[nH]c23)c1. The maximum atomic E-state index is 13.0. The number of carbonyl (C=O) groups excluding carboxylic acids is 1. The Kier molecular flexibility index (Phi) is 4.52. The molecule has 0 aliphatic rings. The molecule has 0 unspecified atom stereocenters. The molecule has 0 spiro atoms. The highest BCUT2D eigenvalue weighted by molar-refractivity contribution is 6.11. The molecule has 146 valence electrons. The molecule has 2 heterocycles. The molecule has 2 aromatic carbocycles. The highest BCUT2D eigenvalue weighted by atomic mass is 16.5. The third kappa shape index (κ3) is 3.20. The van der Waals surface area contributed by atoms with Crippen molar-refractivity contribution in [2.45, 2.75) is 0 Å². The minimum absolute atomic E-state index is 0.190. The van der Waals surface area contributed by atoms with E-state index in [1.54, 1.807) is 61.6 Å². The molecule has 2 N–H and O–H groups in total. The van der Waals surface area contributed by atoms with Gasteiger partial charge in [0.1, 0.15) is 11.3 Å². The number of anilines is 1. The largest absolute Gasteiger partial charge is 0.497 e. The lowest BCUT2D eigenvalue weighted by atomic mass is 10.2. The molecule has 8 heteroatoms. The zero-order valence-corrected chi connectivity index (χ0v) is 15.8. The Bertz CT molecular complexity index is 1330. The van der Waals surface area contributed by atoms with E-state index in [0.29, 0.717) is 17.1 Å². The molecule has 0 aliphatic carbocycles. The molecule has 29 heavy (non-hydrogen) atoms. The van der Waals surface area contributed by atoms with Crippen molar-refractivity contribution in [3.63, 3.8) is 0 Å². The van der Waals surface area contributed by atoms with Gasteiger partial charge in [-0.3, -0.25) is 9.59 Å². The molecule has 0 saturated heterocycles. The Hall–Kier alpha value is -4.07. The van der Waals surface area contributed by atoms with Crippen LogP contribution in [-0.4, -0.2) is 27.1 Å². The predicted octanol–water partition coefficient (Wildman–Crippen LogP) is 2.28.